The van der Waals surface area contributed by atoms with Gasteiger partial charge in [0.25, 0.3) is 5.91 Å². The van der Waals surface area contributed by atoms with Gasteiger partial charge in [0, 0.05) is 17.3 Å². The van der Waals surface area contributed by atoms with Crippen LogP contribution in [0.25, 0.3) is 11.3 Å². The lowest BCUT2D eigenvalue weighted by atomic mass is 10.1. The van der Waals surface area contributed by atoms with E-state index in [0.29, 0.717) is 11.3 Å². The van der Waals surface area contributed by atoms with Crippen molar-refractivity contribution in [2.24, 2.45) is 0 Å². The van der Waals surface area contributed by atoms with Crippen molar-refractivity contribution in [3.05, 3.63) is 66.4 Å². The second-order valence-electron chi connectivity index (χ2n) is 4.75. The molecule has 2 heterocycles. The van der Waals surface area contributed by atoms with Gasteiger partial charge in [0.1, 0.15) is 0 Å². The number of carboxylic acid groups (broad SMARTS) is 1. The molecule has 0 fully saturated rings. The van der Waals surface area contributed by atoms with Crippen LogP contribution in [0.4, 0.5) is 5.69 Å². The van der Waals surface area contributed by atoms with Crippen LogP contribution in [-0.2, 0) is 0 Å². The Labute approximate surface area is 136 Å². The predicted molar refractivity (Wildman–Crippen MR) is 84.2 cm³/mol. The summed E-state index contributed by atoms with van der Waals surface area (Å²) >= 11 is 0. The Hall–Kier alpha value is -3.68. The molecule has 0 saturated carbocycles. The summed E-state index contributed by atoms with van der Waals surface area (Å²) in [6, 6.07) is 8.03. The number of aromatic nitrogens is 2. The molecule has 8 heteroatoms. The average Bonchev–Trinajstić information content (AvgIpc) is 3.14. The third kappa shape index (κ3) is 3.22. The number of nitrogens with zero attached hydrogens (tertiary/aromatic N) is 2. The van der Waals surface area contributed by atoms with E-state index in [2.05, 4.69) is 20.8 Å². The normalized spacial score (nSPS) is 10.2. The molecule has 0 spiro atoms. The summed E-state index contributed by atoms with van der Waals surface area (Å²) < 4.78 is 5.17. The van der Waals surface area contributed by atoms with Gasteiger partial charge in [-0.1, -0.05) is 12.1 Å². The number of oxazole rings is 1. The number of nitrogens with one attached hydrogen (secondary N) is 2. The fourth-order valence-corrected chi connectivity index (χ4v) is 2.02. The number of aromatic carboxylic acids is 1. The first-order valence-electron chi connectivity index (χ1n) is 6.88. The molecule has 0 aliphatic heterocycles. The average molecular weight is 324 g/mol. The number of benzene rings is 1. The number of rotatable bonds is 5. The van der Waals surface area contributed by atoms with E-state index < -0.39 is 11.9 Å². The van der Waals surface area contributed by atoms with Crippen LogP contribution >= 0.6 is 0 Å². The maximum absolute atomic E-state index is 12.1. The van der Waals surface area contributed by atoms with Crippen LogP contribution in [0.2, 0.25) is 0 Å². The van der Waals surface area contributed by atoms with E-state index in [1.165, 1.54) is 24.9 Å². The number of pyridine rings is 1. The molecular weight excluding hydrogens is 312 g/mol. The molecule has 24 heavy (non-hydrogen) atoms. The van der Waals surface area contributed by atoms with Gasteiger partial charge >= 0.3 is 5.97 Å². The smallest absolute Gasteiger partial charge is 0.337 e. The molecule has 3 aromatic rings. The maximum atomic E-state index is 12.1. The van der Waals surface area contributed by atoms with Crippen molar-refractivity contribution in [1.29, 1.82) is 0 Å². The van der Waals surface area contributed by atoms with Gasteiger partial charge in [-0.25, -0.2) is 9.78 Å². The standard InChI is InChI=1S/C16H12N4O4/c21-15(20-19-13-7-17-6-5-12(13)16(22)23)11-3-1-10(2-4-11)14-8-18-9-24-14/h1-9,19H,(H,20,21)(H,22,23). The number of carbonyl (C=O) groups is 2. The first-order chi connectivity index (χ1) is 11.6. The quantitative estimate of drug-likeness (QED) is 0.616. The summed E-state index contributed by atoms with van der Waals surface area (Å²) in [5.41, 5.74) is 6.38. The van der Waals surface area contributed by atoms with Crippen molar-refractivity contribution in [1.82, 2.24) is 15.4 Å². The van der Waals surface area contributed by atoms with Crippen molar-refractivity contribution < 1.29 is 19.1 Å². The third-order valence-electron chi connectivity index (χ3n) is 3.23. The fourth-order valence-electron chi connectivity index (χ4n) is 2.02. The predicted octanol–water partition coefficient (Wildman–Crippen LogP) is 2.19. The molecule has 0 radical (unpaired) electrons. The molecule has 3 N–H and O–H groups in total. The summed E-state index contributed by atoms with van der Waals surface area (Å²) in [7, 11) is 0. The highest BCUT2D eigenvalue weighted by Crippen LogP contribution is 2.19. The lowest BCUT2D eigenvalue weighted by molar-refractivity contribution is 0.0697. The molecule has 120 valence electrons. The molecule has 2 aromatic heterocycles. The van der Waals surface area contributed by atoms with Crippen LogP contribution in [0.1, 0.15) is 20.7 Å². The van der Waals surface area contributed by atoms with E-state index in [0.717, 1.165) is 5.56 Å². The summed E-state index contributed by atoms with van der Waals surface area (Å²) in [4.78, 5) is 30.9. The van der Waals surface area contributed by atoms with Crippen molar-refractivity contribution in [2.45, 2.75) is 0 Å². The molecule has 0 aliphatic rings. The largest absolute Gasteiger partial charge is 0.478 e. The van der Waals surface area contributed by atoms with Crippen LogP contribution < -0.4 is 10.9 Å². The third-order valence-corrected chi connectivity index (χ3v) is 3.23. The van der Waals surface area contributed by atoms with E-state index in [4.69, 9.17) is 9.52 Å². The summed E-state index contributed by atoms with van der Waals surface area (Å²) in [5.74, 6) is -0.939. The zero-order valence-corrected chi connectivity index (χ0v) is 12.3. The number of hydrogen-bond donors (Lipinski definition) is 3. The Morgan fingerprint density at radius 3 is 2.50 bits per heavy atom. The Balaban J connectivity index is 1.68. The van der Waals surface area contributed by atoms with E-state index in [1.807, 2.05) is 0 Å². The molecule has 3 rings (SSSR count). The van der Waals surface area contributed by atoms with Crippen molar-refractivity contribution in [3.63, 3.8) is 0 Å². The fraction of sp³-hybridized carbons (Fsp3) is 0. The molecule has 1 aromatic carbocycles. The molecule has 8 nitrogen and oxygen atoms in total. The minimum absolute atomic E-state index is 0.00553. The van der Waals surface area contributed by atoms with Gasteiger partial charge in [-0.2, -0.15) is 0 Å². The van der Waals surface area contributed by atoms with E-state index >= 15 is 0 Å². The van der Waals surface area contributed by atoms with E-state index in [1.54, 1.807) is 30.5 Å². The Kier molecular flexibility index (Phi) is 4.19. The molecule has 0 saturated heterocycles. The maximum Gasteiger partial charge on any atom is 0.337 e. The van der Waals surface area contributed by atoms with E-state index in [-0.39, 0.29) is 11.3 Å². The molecule has 0 atom stereocenters. The number of anilines is 1. The van der Waals surface area contributed by atoms with Gasteiger partial charge in [-0.05, 0) is 18.2 Å². The molecular formula is C16H12N4O4. The highest BCUT2D eigenvalue weighted by molar-refractivity contribution is 5.97. The van der Waals surface area contributed by atoms with E-state index in [9.17, 15) is 9.59 Å². The van der Waals surface area contributed by atoms with Crippen molar-refractivity contribution in [2.75, 3.05) is 5.43 Å². The molecule has 0 bridgehead atoms. The molecule has 0 aliphatic carbocycles. The summed E-state index contributed by atoms with van der Waals surface area (Å²) in [5, 5.41) is 9.07. The van der Waals surface area contributed by atoms with Gasteiger partial charge in [0.15, 0.2) is 12.2 Å². The zero-order valence-electron chi connectivity index (χ0n) is 12.3. The van der Waals surface area contributed by atoms with Crippen LogP contribution in [-0.4, -0.2) is 27.0 Å². The van der Waals surface area contributed by atoms with Gasteiger partial charge < -0.3 is 9.52 Å². The number of hydrogen-bond acceptors (Lipinski definition) is 6. The van der Waals surface area contributed by atoms with Crippen LogP contribution in [0.5, 0.6) is 0 Å². The Morgan fingerprint density at radius 2 is 1.83 bits per heavy atom. The minimum Gasteiger partial charge on any atom is -0.478 e. The summed E-state index contributed by atoms with van der Waals surface area (Å²) in [6.45, 7) is 0. The highest BCUT2D eigenvalue weighted by atomic mass is 16.4. The summed E-state index contributed by atoms with van der Waals surface area (Å²) in [6.07, 6.45) is 5.58. The topological polar surface area (TPSA) is 117 Å². The van der Waals surface area contributed by atoms with Gasteiger partial charge in [0.2, 0.25) is 0 Å². The van der Waals surface area contributed by atoms with Gasteiger partial charge in [0.05, 0.1) is 23.6 Å². The van der Waals surface area contributed by atoms with Gasteiger partial charge in [-0.15, -0.1) is 0 Å². The first kappa shape index (κ1) is 15.2. The zero-order chi connectivity index (χ0) is 16.9. The van der Waals surface area contributed by atoms with Crippen molar-refractivity contribution >= 4 is 17.6 Å². The SMILES string of the molecule is O=C(NNc1cnccc1C(=O)O)c1ccc(-c2cnco2)cc1. The first-order valence-corrected chi connectivity index (χ1v) is 6.88. The number of carbonyl (C=O) groups excluding carboxylic acids is 1. The Morgan fingerprint density at radius 1 is 1.04 bits per heavy atom. The minimum atomic E-state index is -1.12. The van der Waals surface area contributed by atoms with Gasteiger partial charge in [-0.3, -0.25) is 20.6 Å². The van der Waals surface area contributed by atoms with Crippen molar-refractivity contribution in [3.8, 4) is 11.3 Å². The van der Waals surface area contributed by atoms with Crippen LogP contribution in [0, 0.1) is 0 Å². The van der Waals surface area contributed by atoms with Crippen LogP contribution in [0.3, 0.4) is 0 Å². The lowest BCUT2D eigenvalue weighted by Crippen LogP contribution is -2.30. The Bertz CT molecular complexity index is 860. The monoisotopic (exact) mass is 324 g/mol. The molecule has 1 amide bonds. The van der Waals surface area contributed by atoms with Crippen LogP contribution in [0.15, 0.2) is 59.7 Å². The number of hydrazine groups is 1. The second kappa shape index (κ2) is 6.61. The second-order valence-corrected chi connectivity index (χ2v) is 4.75. The lowest BCUT2D eigenvalue weighted by Gasteiger charge is -2.10. The highest BCUT2D eigenvalue weighted by Gasteiger charge is 2.11. The molecule has 0 unspecified atom stereocenters. The number of carboxylic acids is 1. The number of amides is 1.